The molecule has 2 aromatic rings. The van der Waals surface area contributed by atoms with Crippen LogP contribution in [-0.2, 0) is 6.54 Å². The van der Waals surface area contributed by atoms with Crippen molar-refractivity contribution in [3.63, 3.8) is 0 Å². The van der Waals surface area contributed by atoms with E-state index in [2.05, 4.69) is 46.4 Å². The Bertz CT molecular complexity index is 703. The highest BCUT2D eigenvalue weighted by atomic mass is 35.5. The van der Waals surface area contributed by atoms with Gasteiger partial charge in [-0.25, -0.2) is 0 Å². The number of anilines is 1. The number of halogens is 1. The molecule has 0 atom stereocenters. The van der Waals surface area contributed by atoms with Gasteiger partial charge in [0.15, 0.2) is 0 Å². The summed E-state index contributed by atoms with van der Waals surface area (Å²) in [4.78, 5) is 5.94. The van der Waals surface area contributed by atoms with Gasteiger partial charge in [-0.05, 0) is 42.9 Å². The molecule has 1 saturated heterocycles. The molecule has 0 spiro atoms. The van der Waals surface area contributed by atoms with Crippen molar-refractivity contribution in [2.75, 3.05) is 51.5 Å². The van der Waals surface area contributed by atoms with E-state index in [1.165, 1.54) is 5.56 Å². The number of likely N-dealkylation sites (N-methyl/N-ethyl adjacent to an activating group) is 1. The van der Waals surface area contributed by atoms with Crippen molar-refractivity contribution >= 4 is 29.1 Å². The molecule has 0 saturated carbocycles. The van der Waals surface area contributed by atoms with Gasteiger partial charge in [0.05, 0.1) is 17.9 Å². The predicted octanol–water partition coefficient (Wildman–Crippen LogP) is 4.26. The third-order valence-corrected chi connectivity index (χ3v) is 5.74. The second-order valence-corrected chi connectivity index (χ2v) is 7.99. The van der Waals surface area contributed by atoms with Crippen LogP contribution in [0.4, 0.5) is 5.69 Å². The standard InChI is InChI=1S/C20H26ClN3OS/c1-23-9-11-24(12-10-23)14-16-3-6-18(7-4-16)22-15-26-20-13-17(21)5-8-19(20)25-2/h3-8,13,22H,9-12,14-15H2,1-2H3. The molecule has 6 heteroatoms. The molecule has 0 aliphatic carbocycles. The Hall–Kier alpha value is -1.40. The fourth-order valence-electron chi connectivity index (χ4n) is 2.95. The molecule has 2 aromatic carbocycles. The van der Waals surface area contributed by atoms with Crippen LogP contribution in [0, 0.1) is 0 Å². The molecule has 0 amide bonds. The summed E-state index contributed by atoms with van der Waals surface area (Å²) in [7, 11) is 3.87. The van der Waals surface area contributed by atoms with Gasteiger partial charge in [-0.15, -0.1) is 11.8 Å². The largest absolute Gasteiger partial charge is 0.496 e. The Morgan fingerprint density at radius 2 is 1.81 bits per heavy atom. The number of benzene rings is 2. The van der Waals surface area contributed by atoms with Crippen molar-refractivity contribution in [1.82, 2.24) is 9.80 Å². The number of hydrogen-bond acceptors (Lipinski definition) is 5. The monoisotopic (exact) mass is 391 g/mol. The first-order valence-electron chi connectivity index (χ1n) is 8.84. The first-order valence-corrected chi connectivity index (χ1v) is 10.2. The van der Waals surface area contributed by atoms with Gasteiger partial charge in [0, 0.05) is 43.4 Å². The molecule has 0 radical (unpaired) electrons. The lowest BCUT2D eigenvalue weighted by Crippen LogP contribution is -2.43. The topological polar surface area (TPSA) is 27.7 Å². The molecule has 0 unspecified atom stereocenters. The third kappa shape index (κ3) is 5.55. The molecule has 1 heterocycles. The quantitative estimate of drug-likeness (QED) is 0.562. The molecule has 0 aromatic heterocycles. The number of thioether (sulfide) groups is 1. The summed E-state index contributed by atoms with van der Waals surface area (Å²) in [5.74, 6) is 1.61. The van der Waals surface area contributed by atoms with E-state index in [1.54, 1.807) is 18.9 Å². The number of piperazine rings is 1. The van der Waals surface area contributed by atoms with E-state index in [4.69, 9.17) is 16.3 Å². The molecule has 140 valence electrons. The summed E-state index contributed by atoms with van der Waals surface area (Å²) >= 11 is 7.76. The number of nitrogens with one attached hydrogen (secondary N) is 1. The van der Waals surface area contributed by atoms with Crippen LogP contribution in [-0.4, -0.2) is 56.0 Å². The maximum atomic E-state index is 6.08. The van der Waals surface area contributed by atoms with Crippen LogP contribution >= 0.6 is 23.4 Å². The molecule has 1 fully saturated rings. The van der Waals surface area contributed by atoms with Crippen LogP contribution in [0.5, 0.6) is 5.75 Å². The van der Waals surface area contributed by atoms with Crippen molar-refractivity contribution in [2.45, 2.75) is 11.4 Å². The van der Waals surface area contributed by atoms with Crippen LogP contribution in [0.25, 0.3) is 0 Å². The SMILES string of the molecule is COc1ccc(Cl)cc1SCNc1ccc(CN2CCN(C)CC2)cc1. The molecule has 3 rings (SSSR count). The number of ether oxygens (including phenoxy) is 1. The first-order chi connectivity index (χ1) is 12.6. The fourth-order valence-corrected chi connectivity index (χ4v) is 4.09. The maximum Gasteiger partial charge on any atom is 0.132 e. The Kier molecular flexibility index (Phi) is 7.08. The molecular weight excluding hydrogens is 366 g/mol. The maximum absolute atomic E-state index is 6.08. The first kappa shape index (κ1) is 19.4. The van der Waals surface area contributed by atoms with Gasteiger partial charge in [-0.3, -0.25) is 4.90 Å². The van der Waals surface area contributed by atoms with Gasteiger partial charge in [-0.1, -0.05) is 23.7 Å². The molecule has 26 heavy (non-hydrogen) atoms. The Balaban J connectivity index is 1.48. The molecule has 1 aliphatic rings. The number of rotatable bonds is 7. The second-order valence-electron chi connectivity index (χ2n) is 6.54. The zero-order chi connectivity index (χ0) is 18.4. The fraction of sp³-hybridized carbons (Fsp3) is 0.400. The molecule has 1 aliphatic heterocycles. The van der Waals surface area contributed by atoms with Crippen LogP contribution in [0.3, 0.4) is 0 Å². The summed E-state index contributed by atoms with van der Waals surface area (Å²) in [6.07, 6.45) is 0. The third-order valence-electron chi connectivity index (χ3n) is 4.59. The van der Waals surface area contributed by atoms with Gasteiger partial charge in [-0.2, -0.15) is 0 Å². The second kappa shape index (κ2) is 9.51. The van der Waals surface area contributed by atoms with Crippen molar-refractivity contribution in [3.05, 3.63) is 53.1 Å². The van der Waals surface area contributed by atoms with Crippen molar-refractivity contribution < 1.29 is 4.74 Å². The van der Waals surface area contributed by atoms with E-state index in [9.17, 15) is 0 Å². The molecular formula is C20H26ClN3OS. The summed E-state index contributed by atoms with van der Waals surface area (Å²) in [6.45, 7) is 5.64. The van der Waals surface area contributed by atoms with Crippen molar-refractivity contribution in [2.24, 2.45) is 0 Å². The van der Waals surface area contributed by atoms with E-state index in [1.807, 2.05) is 18.2 Å². The zero-order valence-corrected chi connectivity index (χ0v) is 16.9. The van der Waals surface area contributed by atoms with E-state index < -0.39 is 0 Å². The number of nitrogens with zero attached hydrogens (tertiary/aromatic N) is 2. The Labute approximate surface area is 165 Å². The highest BCUT2D eigenvalue weighted by Gasteiger charge is 2.13. The van der Waals surface area contributed by atoms with Crippen LogP contribution in [0.15, 0.2) is 47.4 Å². The summed E-state index contributed by atoms with van der Waals surface area (Å²) in [5.41, 5.74) is 2.49. The number of hydrogen-bond donors (Lipinski definition) is 1. The van der Waals surface area contributed by atoms with E-state index in [0.29, 0.717) is 0 Å². The van der Waals surface area contributed by atoms with Gasteiger partial charge < -0.3 is 15.0 Å². The summed E-state index contributed by atoms with van der Waals surface area (Å²) in [6, 6.07) is 14.4. The van der Waals surface area contributed by atoms with E-state index in [-0.39, 0.29) is 0 Å². The minimum Gasteiger partial charge on any atom is -0.496 e. The highest BCUT2D eigenvalue weighted by molar-refractivity contribution is 7.99. The Morgan fingerprint density at radius 1 is 1.08 bits per heavy atom. The van der Waals surface area contributed by atoms with Crippen LogP contribution < -0.4 is 10.1 Å². The molecule has 0 bridgehead atoms. The van der Waals surface area contributed by atoms with Gasteiger partial charge in [0.25, 0.3) is 0 Å². The zero-order valence-electron chi connectivity index (χ0n) is 15.4. The van der Waals surface area contributed by atoms with Crippen molar-refractivity contribution in [3.8, 4) is 5.75 Å². The average molecular weight is 392 g/mol. The van der Waals surface area contributed by atoms with Crippen molar-refractivity contribution in [1.29, 1.82) is 0 Å². The van der Waals surface area contributed by atoms with Gasteiger partial charge in [0.1, 0.15) is 5.75 Å². The summed E-state index contributed by atoms with van der Waals surface area (Å²) in [5, 5.41) is 4.17. The lowest BCUT2D eigenvalue weighted by Gasteiger charge is -2.32. The molecule has 1 N–H and O–H groups in total. The van der Waals surface area contributed by atoms with Crippen LogP contribution in [0.1, 0.15) is 5.56 Å². The lowest BCUT2D eigenvalue weighted by molar-refractivity contribution is 0.148. The smallest absolute Gasteiger partial charge is 0.132 e. The van der Waals surface area contributed by atoms with Gasteiger partial charge >= 0.3 is 0 Å². The van der Waals surface area contributed by atoms with E-state index in [0.717, 1.165) is 60.0 Å². The average Bonchev–Trinajstić information content (AvgIpc) is 2.65. The van der Waals surface area contributed by atoms with Crippen LogP contribution in [0.2, 0.25) is 5.02 Å². The van der Waals surface area contributed by atoms with Gasteiger partial charge in [0.2, 0.25) is 0 Å². The highest BCUT2D eigenvalue weighted by Crippen LogP contribution is 2.31. The number of methoxy groups -OCH3 is 1. The minimum absolute atomic E-state index is 0.724. The predicted molar refractivity (Wildman–Crippen MR) is 112 cm³/mol. The van der Waals surface area contributed by atoms with E-state index >= 15 is 0 Å². The molecule has 4 nitrogen and oxygen atoms in total. The Morgan fingerprint density at radius 3 is 2.50 bits per heavy atom. The minimum atomic E-state index is 0.724. The normalized spacial score (nSPS) is 15.8. The lowest BCUT2D eigenvalue weighted by atomic mass is 10.2. The summed E-state index contributed by atoms with van der Waals surface area (Å²) < 4.78 is 5.38.